The first-order valence-corrected chi connectivity index (χ1v) is 6.71. The van der Waals surface area contributed by atoms with Gasteiger partial charge in [0.25, 0.3) is 0 Å². The summed E-state index contributed by atoms with van der Waals surface area (Å²) < 4.78 is 5.16. The van der Waals surface area contributed by atoms with Gasteiger partial charge in [0.1, 0.15) is 0 Å². The Bertz CT molecular complexity index is 129. The van der Waals surface area contributed by atoms with Gasteiger partial charge in [-0.1, -0.05) is 0 Å². The van der Waals surface area contributed by atoms with Crippen molar-refractivity contribution >= 4 is 27.3 Å². The summed E-state index contributed by atoms with van der Waals surface area (Å²) in [6.45, 7) is 3.33. The average Bonchev–Trinajstić information content (AvgIpc) is 1.63. The van der Waals surface area contributed by atoms with Crippen LogP contribution in [0.15, 0.2) is 11.8 Å². The molecule has 0 rings (SSSR count). The summed E-state index contributed by atoms with van der Waals surface area (Å²) in [7, 11) is 0. The Hall–Kier alpha value is 0.00870. The van der Waals surface area contributed by atoms with Gasteiger partial charge in [-0.05, 0) is 0 Å². The van der Waals surface area contributed by atoms with E-state index in [9.17, 15) is 4.79 Å². The summed E-state index contributed by atoms with van der Waals surface area (Å²) in [6.07, 6.45) is 1.52. The van der Waals surface area contributed by atoms with Crippen LogP contribution >= 0.6 is 0 Å². The van der Waals surface area contributed by atoms with Crippen molar-refractivity contribution in [1.82, 2.24) is 0 Å². The molecule has 0 saturated heterocycles. The molecule has 2 radical (unpaired) electrons. The Morgan fingerprint density at radius 3 is 2.44 bits per heavy atom. The second-order valence-electron chi connectivity index (χ2n) is 1.67. The normalized spacial score (nSPS) is 11.2. The number of carbonyl (C=O) groups is 1. The quantitative estimate of drug-likeness (QED) is 0.415. The summed E-state index contributed by atoms with van der Waals surface area (Å²) in [5.74, 6) is 0.817. The zero-order chi connectivity index (χ0) is 7.28. The number of hydrogen-bond donors (Lipinski definition) is 0. The molecule has 0 fully saturated rings. The van der Waals surface area contributed by atoms with Gasteiger partial charge < -0.3 is 0 Å². The summed E-state index contributed by atoms with van der Waals surface area (Å²) >= 11 is -0.625. The molecule has 0 heterocycles. The molecule has 0 amide bonds. The Morgan fingerprint density at radius 1 is 1.56 bits per heavy atom. The maximum atomic E-state index is 10.4. The molecule has 2 nitrogen and oxygen atoms in total. The predicted molar refractivity (Wildman–Crippen MR) is 37.1 cm³/mol. The van der Waals surface area contributed by atoms with Gasteiger partial charge in [0, 0.05) is 0 Å². The topological polar surface area (TPSA) is 26.3 Å². The van der Waals surface area contributed by atoms with Crippen molar-refractivity contribution in [2.24, 2.45) is 0 Å². The molecule has 0 atom stereocenters. The van der Waals surface area contributed by atoms with Crippen molar-refractivity contribution in [1.29, 1.82) is 0 Å². The van der Waals surface area contributed by atoms with E-state index in [0.29, 0.717) is 0 Å². The van der Waals surface area contributed by atoms with Crippen LogP contribution in [0.4, 0.5) is 0 Å². The van der Waals surface area contributed by atoms with Crippen LogP contribution in [-0.2, 0) is 7.87 Å². The van der Waals surface area contributed by atoms with Crippen molar-refractivity contribution in [3.63, 3.8) is 0 Å². The first-order chi connectivity index (χ1) is 4.16. The van der Waals surface area contributed by atoms with E-state index in [4.69, 9.17) is 3.07 Å². The second-order valence-corrected chi connectivity index (χ2v) is 3.42. The summed E-state index contributed by atoms with van der Waals surface area (Å²) in [5.41, 5.74) is 0. The molecular formula is C6H10O2Sn. The zero-order valence-corrected chi connectivity index (χ0v) is 8.75. The van der Waals surface area contributed by atoms with Gasteiger partial charge in [0.15, 0.2) is 0 Å². The van der Waals surface area contributed by atoms with E-state index in [1.807, 2.05) is 6.92 Å². The third-order valence-corrected chi connectivity index (χ3v) is 2.17. The van der Waals surface area contributed by atoms with Crippen LogP contribution in [0.25, 0.3) is 0 Å². The molecule has 3 heteroatoms. The van der Waals surface area contributed by atoms with E-state index in [2.05, 4.69) is 4.94 Å². The number of hydrogen-bond acceptors (Lipinski definition) is 2. The number of allylic oxidation sites excluding steroid dienone is 2. The Morgan fingerprint density at radius 2 is 2.11 bits per heavy atom. The van der Waals surface area contributed by atoms with Crippen LogP contribution in [0.1, 0.15) is 13.8 Å². The van der Waals surface area contributed by atoms with E-state index in [1.165, 1.54) is 13.0 Å². The molecule has 0 saturated carbocycles. The van der Waals surface area contributed by atoms with Crippen molar-refractivity contribution in [3.05, 3.63) is 11.8 Å². The second kappa shape index (κ2) is 4.85. The molecule has 0 bridgehead atoms. The maximum absolute atomic E-state index is 10.4. The van der Waals surface area contributed by atoms with E-state index >= 15 is 0 Å². The molecule has 0 aliphatic carbocycles. The van der Waals surface area contributed by atoms with Crippen LogP contribution in [0.2, 0.25) is 4.94 Å². The average molecular weight is 233 g/mol. The molecule has 0 aromatic heterocycles. The monoisotopic (exact) mass is 234 g/mol. The molecule has 0 N–H and O–H groups in total. The number of carbonyl (C=O) groups excluding carboxylic acids is 1. The molecule has 0 aliphatic rings. The van der Waals surface area contributed by atoms with Crippen molar-refractivity contribution in [2.75, 3.05) is 0 Å². The Kier molecular flexibility index (Phi) is 4.85. The molecule has 0 spiro atoms. The molecule has 9 heavy (non-hydrogen) atoms. The van der Waals surface area contributed by atoms with Gasteiger partial charge in [-0.15, -0.1) is 0 Å². The first kappa shape index (κ1) is 9.01. The Labute approximate surface area is 66.0 Å². The third-order valence-electron chi connectivity index (χ3n) is 0.670. The van der Waals surface area contributed by atoms with Gasteiger partial charge >= 0.3 is 65.8 Å². The fourth-order valence-corrected chi connectivity index (χ4v) is 1.56. The number of rotatable bonds is 3. The van der Waals surface area contributed by atoms with E-state index < -0.39 is 21.6 Å². The van der Waals surface area contributed by atoms with E-state index in [1.54, 1.807) is 0 Å². The van der Waals surface area contributed by atoms with Crippen molar-refractivity contribution in [2.45, 2.75) is 18.8 Å². The molecule has 0 aromatic carbocycles. The molecule has 50 valence electrons. The molecule has 0 aromatic rings. The minimum atomic E-state index is -0.625. The Balaban J connectivity index is 3.69. The third kappa shape index (κ3) is 5.89. The summed E-state index contributed by atoms with van der Waals surface area (Å²) in [5, 5.41) is 0. The van der Waals surface area contributed by atoms with Crippen LogP contribution < -0.4 is 0 Å². The van der Waals surface area contributed by atoms with Crippen LogP contribution in [0.5, 0.6) is 0 Å². The van der Waals surface area contributed by atoms with Gasteiger partial charge in [-0.25, -0.2) is 0 Å². The van der Waals surface area contributed by atoms with Gasteiger partial charge in [-0.3, -0.25) is 0 Å². The molecule has 0 unspecified atom stereocenters. The summed E-state index contributed by atoms with van der Waals surface area (Å²) in [6, 6.07) is 0. The molecular weight excluding hydrogens is 223 g/mol. The van der Waals surface area contributed by atoms with Crippen LogP contribution in [-0.4, -0.2) is 27.3 Å². The van der Waals surface area contributed by atoms with Crippen molar-refractivity contribution in [3.8, 4) is 0 Å². The number of ketones is 1. The summed E-state index contributed by atoms with van der Waals surface area (Å²) in [4.78, 5) is 12.4. The zero-order valence-electron chi connectivity index (χ0n) is 5.89. The standard InChI is InChI=1S/C5H8O2.CH3.Sn/c1-4(6)3-5(2)7;;/h3,6H,1-2H3;1H3;/q;;+1/p-1/b4-3-;;. The van der Waals surface area contributed by atoms with Gasteiger partial charge in [0.2, 0.25) is 0 Å². The van der Waals surface area contributed by atoms with Crippen LogP contribution in [0.3, 0.4) is 0 Å². The minimum absolute atomic E-state index is 0.0559. The van der Waals surface area contributed by atoms with Crippen molar-refractivity contribution < 1.29 is 7.87 Å². The molecule has 0 aliphatic heterocycles. The predicted octanol–water partition coefficient (Wildman–Crippen LogP) is 1.16. The van der Waals surface area contributed by atoms with Crippen LogP contribution in [0, 0.1) is 0 Å². The fraction of sp³-hybridized carbons (Fsp3) is 0.500. The SMILES string of the molecule is [CH3][Sn][O]/C(C)=C\C(C)=O. The van der Waals surface area contributed by atoms with Gasteiger partial charge in [-0.2, -0.15) is 0 Å². The van der Waals surface area contributed by atoms with Gasteiger partial charge in [0.05, 0.1) is 0 Å². The van der Waals surface area contributed by atoms with E-state index in [-0.39, 0.29) is 5.78 Å². The van der Waals surface area contributed by atoms with E-state index in [0.717, 1.165) is 5.76 Å². The first-order valence-electron chi connectivity index (χ1n) is 2.69. The fourth-order valence-electron chi connectivity index (χ4n) is 0.477.